The summed E-state index contributed by atoms with van der Waals surface area (Å²) in [6.45, 7) is 6.71. The summed E-state index contributed by atoms with van der Waals surface area (Å²) in [7, 11) is 0. The molecule has 3 rings (SSSR count). The number of carbonyl (C=O) groups is 1. The minimum absolute atomic E-state index is 0.0342. The molecule has 8 heteroatoms. The standard InChI is InChI=1S/C18H21N5OS2/c1-12(2)14-6-8-15(9-7-14)23-18(20-21-22-23)26-13(3)17(24)19-11-16-5-4-10-25-16/h4-10,12-13H,11H2,1-3H3,(H,19,24)/t13-/m1/s1. The predicted molar refractivity (Wildman–Crippen MR) is 105 cm³/mol. The zero-order chi connectivity index (χ0) is 18.5. The van der Waals surface area contributed by atoms with Crippen molar-refractivity contribution in [2.24, 2.45) is 0 Å². The molecule has 1 aromatic carbocycles. The monoisotopic (exact) mass is 387 g/mol. The highest BCUT2D eigenvalue weighted by Gasteiger charge is 2.19. The fraction of sp³-hybridized carbons (Fsp3) is 0.333. The highest BCUT2D eigenvalue weighted by Crippen LogP contribution is 2.24. The van der Waals surface area contributed by atoms with Gasteiger partial charge < -0.3 is 5.32 Å². The number of aromatic nitrogens is 4. The molecule has 0 fully saturated rings. The molecule has 26 heavy (non-hydrogen) atoms. The summed E-state index contributed by atoms with van der Waals surface area (Å²) in [5, 5.41) is 17.2. The van der Waals surface area contributed by atoms with E-state index in [1.54, 1.807) is 16.0 Å². The summed E-state index contributed by atoms with van der Waals surface area (Å²) in [5.41, 5.74) is 2.14. The molecule has 0 saturated carbocycles. The van der Waals surface area contributed by atoms with Gasteiger partial charge in [0.15, 0.2) is 0 Å². The molecule has 0 unspecified atom stereocenters. The molecule has 0 aliphatic rings. The lowest BCUT2D eigenvalue weighted by Crippen LogP contribution is -2.30. The van der Waals surface area contributed by atoms with Gasteiger partial charge >= 0.3 is 0 Å². The molecule has 6 nitrogen and oxygen atoms in total. The topological polar surface area (TPSA) is 72.7 Å². The molecule has 2 aromatic heterocycles. The van der Waals surface area contributed by atoms with Crippen LogP contribution >= 0.6 is 23.1 Å². The van der Waals surface area contributed by atoms with Crippen molar-refractivity contribution in [1.29, 1.82) is 0 Å². The second-order valence-electron chi connectivity index (χ2n) is 6.18. The van der Waals surface area contributed by atoms with Crippen LogP contribution in [0.5, 0.6) is 0 Å². The Labute approximate surface area is 161 Å². The van der Waals surface area contributed by atoms with Crippen molar-refractivity contribution in [2.45, 2.75) is 43.6 Å². The van der Waals surface area contributed by atoms with E-state index in [1.165, 1.54) is 17.3 Å². The van der Waals surface area contributed by atoms with Crippen LogP contribution in [0.2, 0.25) is 0 Å². The number of amides is 1. The number of carbonyl (C=O) groups excluding carboxylic acids is 1. The van der Waals surface area contributed by atoms with E-state index in [0.717, 1.165) is 10.6 Å². The van der Waals surface area contributed by atoms with Crippen LogP contribution in [-0.4, -0.2) is 31.4 Å². The SMILES string of the molecule is CC(C)c1ccc(-n2nnnc2S[C@H](C)C(=O)NCc2cccs2)cc1. The van der Waals surface area contributed by atoms with Gasteiger partial charge in [0.25, 0.3) is 0 Å². The number of nitrogens with one attached hydrogen (secondary N) is 1. The average molecular weight is 388 g/mol. The van der Waals surface area contributed by atoms with Crippen LogP contribution in [0.4, 0.5) is 0 Å². The van der Waals surface area contributed by atoms with Crippen molar-refractivity contribution >= 4 is 29.0 Å². The number of thiophene rings is 1. The van der Waals surface area contributed by atoms with Crippen molar-refractivity contribution in [2.75, 3.05) is 0 Å². The molecular weight excluding hydrogens is 366 g/mol. The van der Waals surface area contributed by atoms with E-state index < -0.39 is 0 Å². The maximum absolute atomic E-state index is 12.3. The molecule has 0 saturated heterocycles. The lowest BCUT2D eigenvalue weighted by molar-refractivity contribution is -0.120. The van der Waals surface area contributed by atoms with Crippen molar-refractivity contribution in [3.63, 3.8) is 0 Å². The number of tetrazole rings is 1. The Morgan fingerprint density at radius 3 is 2.65 bits per heavy atom. The van der Waals surface area contributed by atoms with Gasteiger partial charge in [-0.05, 0) is 52.4 Å². The quantitative estimate of drug-likeness (QED) is 0.627. The van der Waals surface area contributed by atoms with E-state index in [1.807, 2.05) is 36.6 Å². The lowest BCUT2D eigenvalue weighted by atomic mass is 10.0. The van der Waals surface area contributed by atoms with Crippen LogP contribution in [0, 0.1) is 0 Å². The number of hydrogen-bond donors (Lipinski definition) is 1. The lowest BCUT2D eigenvalue weighted by Gasteiger charge is -2.12. The predicted octanol–water partition coefficient (Wildman–Crippen LogP) is 3.64. The molecule has 1 amide bonds. The minimum atomic E-state index is -0.297. The minimum Gasteiger partial charge on any atom is -0.350 e. The zero-order valence-electron chi connectivity index (χ0n) is 14.9. The van der Waals surface area contributed by atoms with Gasteiger partial charge in [0.05, 0.1) is 17.5 Å². The summed E-state index contributed by atoms with van der Waals surface area (Å²) >= 11 is 2.97. The second-order valence-corrected chi connectivity index (χ2v) is 8.52. The molecular formula is C18H21N5OS2. The van der Waals surface area contributed by atoms with E-state index in [0.29, 0.717) is 17.6 Å². The number of thioether (sulfide) groups is 1. The summed E-state index contributed by atoms with van der Waals surface area (Å²) in [4.78, 5) is 13.5. The fourth-order valence-electron chi connectivity index (χ4n) is 2.36. The number of nitrogens with zero attached hydrogens (tertiary/aromatic N) is 4. The molecule has 0 aliphatic heterocycles. The molecule has 3 aromatic rings. The maximum atomic E-state index is 12.3. The largest absolute Gasteiger partial charge is 0.350 e. The van der Waals surface area contributed by atoms with Crippen molar-refractivity contribution in [3.8, 4) is 5.69 Å². The first-order valence-electron chi connectivity index (χ1n) is 8.40. The number of benzene rings is 1. The average Bonchev–Trinajstić information content (AvgIpc) is 3.31. The molecule has 0 aliphatic carbocycles. The van der Waals surface area contributed by atoms with Gasteiger partial charge in [0.2, 0.25) is 11.1 Å². The third kappa shape index (κ3) is 4.50. The molecule has 2 heterocycles. The van der Waals surface area contributed by atoms with Gasteiger partial charge in [0.1, 0.15) is 0 Å². The highest BCUT2D eigenvalue weighted by molar-refractivity contribution is 8.00. The van der Waals surface area contributed by atoms with Gasteiger partial charge in [-0.3, -0.25) is 4.79 Å². The van der Waals surface area contributed by atoms with Gasteiger partial charge in [0, 0.05) is 4.88 Å². The summed E-state index contributed by atoms with van der Waals surface area (Å²) in [5.74, 6) is 0.437. The summed E-state index contributed by atoms with van der Waals surface area (Å²) in [6, 6.07) is 12.1. The van der Waals surface area contributed by atoms with Crippen LogP contribution in [0.25, 0.3) is 5.69 Å². The van der Waals surface area contributed by atoms with Crippen LogP contribution in [0.3, 0.4) is 0 Å². The second kappa shape index (κ2) is 8.46. The Morgan fingerprint density at radius 1 is 1.23 bits per heavy atom. The Balaban J connectivity index is 1.65. The molecule has 136 valence electrons. The number of rotatable bonds is 7. The Morgan fingerprint density at radius 2 is 2.00 bits per heavy atom. The molecule has 0 radical (unpaired) electrons. The highest BCUT2D eigenvalue weighted by atomic mass is 32.2. The van der Waals surface area contributed by atoms with E-state index >= 15 is 0 Å². The van der Waals surface area contributed by atoms with Crippen molar-refractivity contribution < 1.29 is 4.79 Å². The van der Waals surface area contributed by atoms with Crippen molar-refractivity contribution in [1.82, 2.24) is 25.5 Å². The Kier molecular flexibility index (Phi) is 6.05. The molecule has 0 bridgehead atoms. The molecule has 1 N–H and O–H groups in total. The van der Waals surface area contributed by atoms with Gasteiger partial charge in [-0.15, -0.1) is 16.4 Å². The first kappa shape index (κ1) is 18.6. The zero-order valence-corrected chi connectivity index (χ0v) is 16.5. The van der Waals surface area contributed by atoms with E-state index in [2.05, 4.69) is 46.8 Å². The van der Waals surface area contributed by atoms with E-state index in [9.17, 15) is 4.79 Å². The summed E-state index contributed by atoms with van der Waals surface area (Å²) in [6.07, 6.45) is 0. The first-order chi connectivity index (χ1) is 12.5. The summed E-state index contributed by atoms with van der Waals surface area (Å²) < 4.78 is 1.66. The maximum Gasteiger partial charge on any atom is 0.233 e. The first-order valence-corrected chi connectivity index (χ1v) is 10.2. The Hall–Kier alpha value is -2.19. The van der Waals surface area contributed by atoms with Gasteiger partial charge in [-0.25, -0.2) is 0 Å². The van der Waals surface area contributed by atoms with Crippen LogP contribution < -0.4 is 5.32 Å². The van der Waals surface area contributed by atoms with E-state index in [4.69, 9.17) is 0 Å². The van der Waals surface area contributed by atoms with Crippen molar-refractivity contribution in [3.05, 3.63) is 52.2 Å². The number of hydrogen-bond acceptors (Lipinski definition) is 6. The van der Waals surface area contributed by atoms with Gasteiger partial charge in [-0.1, -0.05) is 43.8 Å². The molecule has 1 atom stereocenters. The van der Waals surface area contributed by atoms with Crippen LogP contribution in [0.1, 0.15) is 37.1 Å². The smallest absolute Gasteiger partial charge is 0.233 e. The third-order valence-electron chi connectivity index (χ3n) is 3.91. The fourth-order valence-corrected chi connectivity index (χ4v) is 3.83. The Bertz CT molecular complexity index is 843. The molecule has 0 spiro atoms. The van der Waals surface area contributed by atoms with Crippen LogP contribution in [0.15, 0.2) is 46.9 Å². The van der Waals surface area contributed by atoms with Gasteiger partial charge in [-0.2, -0.15) is 4.68 Å². The third-order valence-corrected chi connectivity index (χ3v) is 5.82. The van der Waals surface area contributed by atoms with E-state index in [-0.39, 0.29) is 11.2 Å². The van der Waals surface area contributed by atoms with Crippen LogP contribution in [-0.2, 0) is 11.3 Å². The normalized spacial score (nSPS) is 12.3.